The molecule has 0 aromatic carbocycles. The van der Waals surface area contributed by atoms with Gasteiger partial charge in [-0.05, 0) is 25.9 Å². The topological polar surface area (TPSA) is 122 Å². The summed E-state index contributed by atoms with van der Waals surface area (Å²) in [7, 11) is -4.67. The van der Waals surface area contributed by atoms with Crippen LogP contribution in [0.3, 0.4) is 0 Å². The normalized spacial score (nSPS) is 16.8. The van der Waals surface area contributed by atoms with E-state index in [1.54, 1.807) is 0 Å². The number of rotatable bonds is 0. The first-order valence-corrected chi connectivity index (χ1v) is 4.80. The van der Waals surface area contributed by atoms with Crippen LogP contribution in [0.15, 0.2) is 0 Å². The van der Waals surface area contributed by atoms with E-state index < -0.39 is 10.4 Å². The Kier molecular flexibility index (Phi) is 8.88. The molecule has 1 aliphatic heterocycles. The summed E-state index contributed by atoms with van der Waals surface area (Å²) >= 11 is 0. The van der Waals surface area contributed by atoms with E-state index in [-0.39, 0.29) is 6.15 Å². The van der Waals surface area contributed by atoms with Crippen molar-refractivity contribution in [3.05, 3.63) is 0 Å². The van der Waals surface area contributed by atoms with E-state index >= 15 is 0 Å². The number of piperidine rings is 1. The number of nitrogens with one attached hydrogen (secondary N) is 1. The van der Waals surface area contributed by atoms with Gasteiger partial charge >= 0.3 is 10.4 Å². The minimum absolute atomic E-state index is 0. The van der Waals surface area contributed by atoms with Gasteiger partial charge in [0, 0.05) is 0 Å². The van der Waals surface area contributed by atoms with Crippen molar-refractivity contribution < 1.29 is 17.5 Å². The van der Waals surface area contributed by atoms with Crippen LogP contribution < -0.4 is 11.5 Å². The summed E-state index contributed by atoms with van der Waals surface area (Å²) in [4.78, 5) is 0. The lowest BCUT2D eigenvalue weighted by Crippen LogP contribution is -2.21. The van der Waals surface area contributed by atoms with E-state index in [1.807, 2.05) is 0 Å². The SMILES string of the molecule is C1CCNCC1.N.O=S(=O)(O)O. The fraction of sp³-hybridized carbons (Fsp3) is 1.00. The molecule has 7 heteroatoms. The zero-order valence-corrected chi connectivity index (χ0v) is 7.68. The van der Waals surface area contributed by atoms with Gasteiger partial charge in [-0.25, -0.2) is 0 Å². The lowest BCUT2D eigenvalue weighted by molar-refractivity contribution is 0.381. The number of hydrogen-bond donors (Lipinski definition) is 4. The summed E-state index contributed by atoms with van der Waals surface area (Å²) in [6.07, 6.45) is 4.22. The monoisotopic (exact) mass is 200 g/mol. The highest BCUT2D eigenvalue weighted by Gasteiger charge is 1.93. The molecule has 0 aliphatic carbocycles. The Morgan fingerprint density at radius 2 is 1.33 bits per heavy atom. The van der Waals surface area contributed by atoms with Gasteiger partial charge in [-0.3, -0.25) is 9.11 Å². The molecule has 1 fully saturated rings. The Labute approximate surface area is 72.5 Å². The molecule has 0 amide bonds. The van der Waals surface area contributed by atoms with Crippen LogP contribution in [0.5, 0.6) is 0 Å². The van der Waals surface area contributed by atoms with Crippen molar-refractivity contribution in [3.8, 4) is 0 Å². The van der Waals surface area contributed by atoms with Crippen LogP contribution >= 0.6 is 0 Å². The van der Waals surface area contributed by atoms with Crippen LogP contribution in [0.25, 0.3) is 0 Å². The van der Waals surface area contributed by atoms with Crippen molar-refractivity contribution in [1.29, 1.82) is 0 Å². The van der Waals surface area contributed by atoms with Gasteiger partial charge in [-0.15, -0.1) is 0 Å². The van der Waals surface area contributed by atoms with E-state index in [9.17, 15) is 0 Å². The summed E-state index contributed by atoms with van der Waals surface area (Å²) < 4.78 is 31.6. The summed E-state index contributed by atoms with van der Waals surface area (Å²) in [6, 6.07) is 0. The standard InChI is InChI=1S/C5H11N.H3N.H2O4S/c1-2-4-6-5-3-1;;1-5(2,3)4/h6H,1-5H2;1H3;(H2,1,2,3,4). The van der Waals surface area contributed by atoms with E-state index in [2.05, 4.69) is 5.32 Å². The molecule has 1 saturated heterocycles. The predicted octanol–water partition coefficient (Wildman–Crippen LogP) is 0.269. The molecule has 0 bridgehead atoms. The zero-order valence-electron chi connectivity index (χ0n) is 6.86. The van der Waals surface area contributed by atoms with Gasteiger partial charge in [0.25, 0.3) is 0 Å². The molecule has 6 nitrogen and oxygen atoms in total. The quantitative estimate of drug-likeness (QED) is 0.416. The second-order valence-corrected chi connectivity index (χ2v) is 3.15. The van der Waals surface area contributed by atoms with Crippen LogP contribution in [0.1, 0.15) is 19.3 Å². The molecule has 0 unspecified atom stereocenters. The largest absolute Gasteiger partial charge is 0.394 e. The van der Waals surface area contributed by atoms with Gasteiger partial charge in [0.2, 0.25) is 0 Å². The van der Waals surface area contributed by atoms with Crippen molar-refractivity contribution in [2.24, 2.45) is 0 Å². The van der Waals surface area contributed by atoms with Crippen LogP contribution in [-0.2, 0) is 10.4 Å². The molecule has 0 aromatic heterocycles. The van der Waals surface area contributed by atoms with E-state index in [1.165, 1.54) is 32.4 Å². The van der Waals surface area contributed by atoms with Crippen LogP contribution in [0.4, 0.5) is 0 Å². The van der Waals surface area contributed by atoms with Gasteiger partial charge in [0.1, 0.15) is 0 Å². The Hall–Kier alpha value is -0.210. The molecule has 12 heavy (non-hydrogen) atoms. The van der Waals surface area contributed by atoms with Crippen molar-refractivity contribution in [2.45, 2.75) is 19.3 Å². The van der Waals surface area contributed by atoms with Gasteiger partial charge < -0.3 is 11.5 Å². The summed E-state index contributed by atoms with van der Waals surface area (Å²) in [5.74, 6) is 0. The van der Waals surface area contributed by atoms with E-state index in [4.69, 9.17) is 17.5 Å². The zero-order chi connectivity index (χ0) is 8.74. The molecule has 0 saturated carbocycles. The van der Waals surface area contributed by atoms with Crippen molar-refractivity contribution in [1.82, 2.24) is 11.5 Å². The Bertz CT molecular complexity index is 156. The third kappa shape index (κ3) is 22.6. The maximum atomic E-state index is 8.74. The molecule has 6 N–H and O–H groups in total. The molecule has 1 rings (SSSR count). The first kappa shape index (κ1) is 14.3. The minimum atomic E-state index is -4.67. The summed E-state index contributed by atoms with van der Waals surface area (Å²) in [6.45, 7) is 2.50. The molecule has 76 valence electrons. The first-order valence-electron chi connectivity index (χ1n) is 3.41. The molecule has 0 radical (unpaired) electrons. The predicted molar refractivity (Wildman–Crippen MR) is 45.9 cm³/mol. The maximum Gasteiger partial charge on any atom is 0.394 e. The van der Waals surface area contributed by atoms with Crippen molar-refractivity contribution in [3.63, 3.8) is 0 Å². The Morgan fingerprint density at radius 3 is 1.42 bits per heavy atom. The third-order valence-corrected chi connectivity index (χ3v) is 1.21. The van der Waals surface area contributed by atoms with Gasteiger partial charge in [0.15, 0.2) is 0 Å². The highest BCUT2D eigenvalue weighted by atomic mass is 32.3. The van der Waals surface area contributed by atoms with Crippen LogP contribution in [0, 0.1) is 0 Å². The first-order chi connectivity index (χ1) is 5.00. The number of hydrogen-bond acceptors (Lipinski definition) is 4. The van der Waals surface area contributed by atoms with Crippen molar-refractivity contribution >= 4 is 10.4 Å². The molecule has 0 atom stereocenters. The highest BCUT2D eigenvalue weighted by molar-refractivity contribution is 7.79. The lowest BCUT2D eigenvalue weighted by Gasteiger charge is -2.08. The fourth-order valence-corrected chi connectivity index (χ4v) is 0.802. The van der Waals surface area contributed by atoms with Gasteiger partial charge in [-0.2, -0.15) is 8.42 Å². The minimum Gasteiger partial charge on any atom is -0.344 e. The molecule has 1 heterocycles. The summed E-state index contributed by atoms with van der Waals surface area (Å²) in [5, 5.41) is 3.28. The van der Waals surface area contributed by atoms with E-state index in [0.717, 1.165) is 0 Å². The fourth-order valence-electron chi connectivity index (χ4n) is 0.802. The van der Waals surface area contributed by atoms with Gasteiger partial charge in [-0.1, -0.05) is 6.42 Å². The average Bonchev–Trinajstić information content (AvgIpc) is 1.88. The van der Waals surface area contributed by atoms with Crippen LogP contribution in [0.2, 0.25) is 0 Å². The van der Waals surface area contributed by atoms with Crippen LogP contribution in [-0.4, -0.2) is 30.6 Å². The Balaban J connectivity index is 0. The molecule has 1 aliphatic rings. The lowest BCUT2D eigenvalue weighted by atomic mass is 10.2. The third-order valence-electron chi connectivity index (χ3n) is 1.21. The second-order valence-electron chi connectivity index (χ2n) is 2.26. The Morgan fingerprint density at radius 1 is 1.00 bits per heavy atom. The molecular formula is C5H16N2O4S. The molecule has 0 aromatic rings. The van der Waals surface area contributed by atoms with E-state index in [0.29, 0.717) is 0 Å². The maximum absolute atomic E-state index is 8.74. The second kappa shape index (κ2) is 7.44. The summed E-state index contributed by atoms with van der Waals surface area (Å²) in [5.41, 5.74) is 0. The van der Waals surface area contributed by atoms with Gasteiger partial charge in [0.05, 0.1) is 0 Å². The average molecular weight is 200 g/mol. The highest BCUT2D eigenvalue weighted by Crippen LogP contribution is 1.96. The smallest absolute Gasteiger partial charge is 0.344 e. The molecular weight excluding hydrogens is 184 g/mol. The van der Waals surface area contributed by atoms with Crippen molar-refractivity contribution in [2.75, 3.05) is 13.1 Å². The molecule has 0 spiro atoms.